The van der Waals surface area contributed by atoms with Crippen LogP contribution in [-0.2, 0) is 19.5 Å². The lowest BCUT2D eigenvalue weighted by Crippen LogP contribution is -2.38. The van der Waals surface area contributed by atoms with Crippen LogP contribution in [0.5, 0.6) is 0 Å². The number of para-hydroxylation sites is 2. The molecule has 25 heavy (non-hydrogen) atoms. The molecule has 1 aromatic carbocycles. The molecule has 0 atom stereocenters. The van der Waals surface area contributed by atoms with Crippen LogP contribution < -0.4 is 10.6 Å². The SMILES string of the molecule is CCc1ccc(CNC(=NC)NCCn2c(C)nc3ccccc32)s1. The molecule has 0 bridgehead atoms. The molecule has 0 aliphatic rings. The van der Waals surface area contributed by atoms with Crippen molar-refractivity contribution in [1.82, 2.24) is 20.2 Å². The molecule has 0 aliphatic carbocycles. The highest BCUT2D eigenvalue weighted by Crippen LogP contribution is 2.16. The number of benzene rings is 1. The van der Waals surface area contributed by atoms with Crippen molar-refractivity contribution in [3.05, 3.63) is 52.0 Å². The number of aryl methyl sites for hydroxylation is 2. The lowest BCUT2D eigenvalue weighted by Gasteiger charge is -2.12. The van der Waals surface area contributed by atoms with Gasteiger partial charge in [-0.15, -0.1) is 11.3 Å². The third-order valence-corrected chi connectivity index (χ3v) is 5.42. The summed E-state index contributed by atoms with van der Waals surface area (Å²) in [6.07, 6.45) is 1.09. The maximum atomic E-state index is 4.61. The Balaban J connectivity index is 1.53. The molecule has 0 saturated heterocycles. The fourth-order valence-corrected chi connectivity index (χ4v) is 3.76. The van der Waals surface area contributed by atoms with Crippen molar-refractivity contribution in [2.75, 3.05) is 13.6 Å². The minimum absolute atomic E-state index is 0.797. The number of nitrogens with zero attached hydrogens (tertiary/aromatic N) is 3. The average Bonchev–Trinajstić information content (AvgIpc) is 3.22. The van der Waals surface area contributed by atoms with Gasteiger partial charge in [0.05, 0.1) is 17.6 Å². The molecule has 5 nitrogen and oxygen atoms in total. The summed E-state index contributed by atoms with van der Waals surface area (Å²) < 4.78 is 2.24. The number of rotatable bonds is 6. The van der Waals surface area contributed by atoms with Gasteiger partial charge in [-0.1, -0.05) is 19.1 Å². The summed E-state index contributed by atoms with van der Waals surface area (Å²) >= 11 is 1.85. The number of aromatic nitrogens is 2. The maximum absolute atomic E-state index is 4.61. The summed E-state index contributed by atoms with van der Waals surface area (Å²) in [5.41, 5.74) is 2.22. The molecule has 3 aromatic rings. The molecular formula is C19H25N5S. The molecule has 2 heterocycles. The molecular weight excluding hydrogens is 330 g/mol. The quantitative estimate of drug-likeness (QED) is 0.527. The summed E-state index contributed by atoms with van der Waals surface area (Å²) in [7, 11) is 1.80. The molecule has 0 fully saturated rings. The lowest BCUT2D eigenvalue weighted by molar-refractivity contribution is 0.660. The first-order valence-electron chi connectivity index (χ1n) is 8.65. The minimum Gasteiger partial charge on any atom is -0.355 e. The van der Waals surface area contributed by atoms with Crippen LogP contribution in [0, 0.1) is 6.92 Å². The number of imidazole rings is 1. The van der Waals surface area contributed by atoms with E-state index in [9.17, 15) is 0 Å². The van der Waals surface area contributed by atoms with Crippen molar-refractivity contribution in [1.29, 1.82) is 0 Å². The van der Waals surface area contributed by atoms with Crippen LogP contribution in [-0.4, -0.2) is 29.1 Å². The van der Waals surface area contributed by atoms with Crippen LogP contribution in [0.1, 0.15) is 22.5 Å². The Kier molecular flexibility index (Phi) is 5.71. The van der Waals surface area contributed by atoms with Gasteiger partial charge < -0.3 is 15.2 Å². The minimum atomic E-state index is 0.797. The third-order valence-electron chi connectivity index (χ3n) is 4.19. The lowest BCUT2D eigenvalue weighted by atomic mass is 10.3. The van der Waals surface area contributed by atoms with Crippen LogP contribution >= 0.6 is 11.3 Å². The average molecular weight is 356 g/mol. The van der Waals surface area contributed by atoms with Gasteiger partial charge in [0.25, 0.3) is 0 Å². The van der Waals surface area contributed by atoms with E-state index in [0.717, 1.165) is 43.4 Å². The highest BCUT2D eigenvalue weighted by atomic mass is 32.1. The van der Waals surface area contributed by atoms with E-state index in [1.807, 2.05) is 17.4 Å². The van der Waals surface area contributed by atoms with Crippen molar-refractivity contribution in [3.63, 3.8) is 0 Å². The first-order chi connectivity index (χ1) is 12.2. The molecule has 6 heteroatoms. The standard InChI is InChI=1S/C19H25N5S/c1-4-15-9-10-16(25-15)13-22-19(20-3)21-11-12-24-14(2)23-17-7-5-6-8-18(17)24/h5-10H,4,11-13H2,1-3H3,(H2,20,21,22). The van der Waals surface area contributed by atoms with Crippen LogP contribution in [0.2, 0.25) is 0 Å². The van der Waals surface area contributed by atoms with Crippen molar-refractivity contribution in [2.45, 2.75) is 33.4 Å². The van der Waals surface area contributed by atoms with E-state index in [1.54, 1.807) is 7.05 Å². The first kappa shape index (κ1) is 17.5. The summed E-state index contributed by atoms with van der Waals surface area (Å²) in [5.74, 6) is 1.87. The van der Waals surface area contributed by atoms with Crippen molar-refractivity contribution >= 4 is 28.3 Å². The zero-order chi connectivity index (χ0) is 17.6. The number of nitrogens with one attached hydrogen (secondary N) is 2. The van der Waals surface area contributed by atoms with Gasteiger partial charge in [-0.3, -0.25) is 4.99 Å². The van der Waals surface area contributed by atoms with Crippen molar-refractivity contribution in [2.24, 2.45) is 4.99 Å². The van der Waals surface area contributed by atoms with Gasteiger partial charge in [-0.05, 0) is 37.6 Å². The zero-order valence-corrected chi connectivity index (χ0v) is 15.9. The molecule has 0 radical (unpaired) electrons. The number of aliphatic imine (C=N–C) groups is 1. The second kappa shape index (κ2) is 8.16. The van der Waals surface area contributed by atoms with Gasteiger partial charge in [-0.25, -0.2) is 4.98 Å². The maximum Gasteiger partial charge on any atom is 0.191 e. The van der Waals surface area contributed by atoms with E-state index in [2.05, 4.69) is 69.4 Å². The number of fused-ring (bicyclic) bond motifs is 1. The van der Waals surface area contributed by atoms with Gasteiger partial charge in [0.1, 0.15) is 5.82 Å². The number of guanidine groups is 1. The Bertz CT molecular complexity index is 862. The zero-order valence-electron chi connectivity index (χ0n) is 15.0. The van der Waals surface area contributed by atoms with E-state index in [1.165, 1.54) is 15.3 Å². The van der Waals surface area contributed by atoms with Crippen LogP contribution in [0.15, 0.2) is 41.4 Å². The van der Waals surface area contributed by atoms with Crippen LogP contribution in [0.4, 0.5) is 0 Å². The Morgan fingerprint density at radius 2 is 1.96 bits per heavy atom. The summed E-state index contributed by atoms with van der Waals surface area (Å²) in [6, 6.07) is 12.6. The van der Waals surface area contributed by atoms with Crippen LogP contribution in [0.25, 0.3) is 11.0 Å². The third kappa shape index (κ3) is 4.20. The van der Waals surface area contributed by atoms with Gasteiger partial charge in [0.15, 0.2) is 5.96 Å². The number of thiophene rings is 1. The molecule has 132 valence electrons. The normalized spacial score (nSPS) is 11.9. The monoisotopic (exact) mass is 355 g/mol. The van der Waals surface area contributed by atoms with E-state index < -0.39 is 0 Å². The van der Waals surface area contributed by atoms with E-state index in [0.29, 0.717) is 0 Å². The highest BCUT2D eigenvalue weighted by molar-refractivity contribution is 7.11. The van der Waals surface area contributed by atoms with E-state index in [-0.39, 0.29) is 0 Å². The topological polar surface area (TPSA) is 54.2 Å². The van der Waals surface area contributed by atoms with Gasteiger partial charge >= 0.3 is 0 Å². The molecule has 2 N–H and O–H groups in total. The Morgan fingerprint density at radius 3 is 2.72 bits per heavy atom. The molecule has 0 saturated carbocycles. The molecule has 0 unspecified atom stereocenters. The Labute approximate surface area is 152 Å². The molecule has 3 rings (SSSR count). The van der Waals surface area contributed by atoms with Crippen molar-refractivity contribution < 1.29 is 0 Å². The molecule has 0 aliphatic heterocycles. The summed E-state index contributed by atoms with van der Waals surface area (Å²) in [5, 5.41) is 6.76. The van der Waals surface area contributed by atoms with Gasteiger partial charge in [0, 0.05) is 29.9 Å². The van der Waals surface area contributed by atoms with E-state index in [4.69, 9.17) is 0 Å². The smallest absolute Gasteiger partial charge is 0.191 e. The van der Waals surface area contributed by atoms with Gasteiger partial charge in [0.2, 0.25) is 0 Å². The molecule has 2 aromatic heterocycles. The number of hydrogen-bond donors (Lipinski definition) is 2. The fraction of sp³-hybridized carbons (Fsp3) is 0.368. The Hall–Kier alpha value is -2.34. The summed E-state index contributed by atoms with van der Waals surface area (Å²) in [4.78, 5) is 11.7. The predicted molar refractivity (Wildman–Crippen MR) is 106 cm³/mol. The summed E-state index contributed by atoms with van der Waals surface area (Å²) in [6.45, 7) is 6.69. The number of hydrogen-bond acceptors (Lipinski definition) is 3. The van der Waals surface area contributed by atoms with E-state index >= 15 is 0 Å². The molecule has 0 amide bonds. The van der Waals surface area contributed by atoms with Crippen molar-refractivity contribution in [3.8, 4) is 0 Å². The Morgan fingerprint density at radius 1 is 1.16 bits per heavy atom. The van der Waals surface area contributed by atoms with Crippen LogP contribution in [0.3, 0.4) is 0 Å². The van der Waals surface area contributed by atoms with Gasteiger partial charge in [-0.2, -0.15) is 0 Å². The largest absolute Gasteiger partial charge is 0.355 e. The predicted octanol–water partition coefficient (Wildman–Crippen LogP) is 3.33. The fourth-order valence-electron chi connectivity index (χ4n) is 2.86. The highest BCUT2D eigenvalue weighted by Gasteiger charge is 2.06. The molecule has 0 spiro atoms. The second-order valence-electron chi connectivity index (χ2n) is 5.87. The first-order valence-corrected chi connectivity index (χ1v) is 9.47. The second-order valence-corrected chi connectivity index (χ2v) is 7.13.